The maximum Gasteiger partial charge on any atom is 0.233 e. The molecule has 8 heteroatoms. The molecule has 2 bridgehead atoms. The number of nitrogens with zero attached hydrogens (tertiary/aromatic N) is 3. The number of fused-ring (bicyclic) bond motifs is 2. The van der Waals surface area contributed by atoms with Gasteiger partial charge in [0.05, 0.1) is 18.3 Å². The predicted molar refractivity (Wildman–Crippen MR) is 117 cm³/mol. The Morgan fingerprint density at radius 3 is 2.69 bits per heavy atom. The van der Waals surface area contributed by atoms with Crippen molar-refractivity contribution < 1.29 is 19.0 Å². The monoisotopic (exact) mass is 436 g/mol. The molecule has 2 aliphatic heterocycles. The number of aromatic nitrogens is 3. The maximum atomic E-state index is 15.0. The van der Waals surface area contributed by atoms with Gasteiger partial charge in [0.25, 0.3) is 0 Å². The smallest absolute Gasteiger partial charge is 0.233 e. The Bertz CT molecular complexity index is 1130. The van der Waals surface area contributed by atoms with Crippen LogP contribution in [0.25, 0.3) is 22.4 Å². The highest BCUT2D eigenvalue weighted by Crippen LogP contribution is 2.39. The van der Waals surface area contributed by atoms with E-state index in [0.29, 0.717) is 23.6 Å². The second-order valence-electron chi connectivity index (χ2n) is 8.67. The van der Waals surface area contributed by atoms with Gasteiger partial charge in [-0.25, -0.2) is 9.37 Å². The van der Waals surface area contributed by atoms with Gasteiger partial charge in [0.1, 0.15) is 11.9 Å². The first-order valence-corrected chi connectivity index (χ1v) is 10.7. The van der Waals surface area contributed by atoms with Crippen molar-refractivity contribution in [1.29, 1.82) is 0 Å². The minimum Gasteiger partial charge on any atom is -0.507 e. The molecular weight excluding hydrogens is 411 g/mol. The number of phenols is 1. The lowest BCUT2D eigenvalue weighted by molar-refractivity contribution is 0.00813. The second-order valence-corrected chi connectivity index (χ2v) is 8.67. The summed E-state index contributed by atoms with van der Waals surface area (Å²) in [6.07, 6.45) is 2.39. The number of nitrogens with one attached hydrogen (secondary N) is 1. The molecule has 7 nitrogen and oxygen atoms in total. The first-order valence-electron chi connectivity index (χ1n) is 10.7. The van der Waals surface area contributed by atoms with Gasteiger partial charge in [-0.15, -0.1) is 10.2 Å². The van der Waals surface area contributed by atoms with Gasteiger partial charge < -0.3 is 19.9 Å². The summed E-state index contributed by atoms with van der Waals surface area (Å²) in [5.41, 5.74) is 2.21. The Morgan fingerprint density at radius 2 is 1.94 bits per heavy atom. The average Bonchev–Trinajstić information content (AvgIpc) is 3.15. The number of rotatable bonds is 5. The van der Waals surface area contributed by atoms with Crippen molar-refractivity contribution in [2.45, 2.75) is 50.0 Å². The summed E-state index contributed by atoms with van der Waals surface area (Å²) in [6.45, 7) is 1.91. The molecule has 2 aromatic heterocycles. The first-order chi connectivity index (χ1) is 15.4. The van der Waals surface area contributed by atoms with Gasteiger partial charge >= 0.3 is 0 Å². The van der Waals surface area contributed by atoms with Crippen LogP contribution in [0.4, 0.5) is 4.39 Å². The number of methoxy groups -OCH3 is 1. The number of piperidine rings is 1. The van der Waals surface area contributed by atoms with Crippen LogP contribution in [-0.2, 0) is 0 Å². The SMILES string of the molecule is COc1cc(-c2ccc(-c3ccc(O[C@H]4CC5CC[C@@](C)(N5)[C@H]4F)nn3)c(O)c2)ccn1. The van der Waals surface area contributed by atoms with Crippen LogP contribution in [0.3, 0.4) is 0 Å². The fraction of sp³-hybridized carbons (Fsp3) is 0.375. The lowest BCUT2D eigenvalue weighted by atomic mass is 9.88. The molecule has 32 heavy (non-hydrogen) atoms. The zero-order chi connectivity index (χ0) is 22.3. The van der Waals surface area contributed by atoms with E-state index >= 15 is 0 Å². The molecule has 2 aliphatic rings. The highest BCUT2D eigenvalue weighted by molar-refractivity contribution is 5.74. The quantitative estimate of drug-likeness (QED) is 0.627. The van der Waals surface area contributed by atoms with Crippen molar-refractivity contribution in [3.8, 4) is 39.9 Å². The maximum absolute atomic E-state index is 15.0. The van der Waals surface area contributed by atoms with Crippen molar-refractivity contribution >= 4 is 0 Å². The Hall–Kier alpha value is -3.26. The Morgan fingerprint density at radius 1 is 1.09 bits per heavy atom. The molecule has 0 aliphatic carbocycles. The Balaban J connectivity index is 1.33. The molecule has 4 heterocycles. The van der Waals surface area contributed by atoms with Crippen LogP contribution in [0.15, 0.2) is 48.7 Å². The molecule has 4 atom stereocenters. The lowest BCUT2D eigenvalue weighted by Gasteiger charge is -2.39. The number of ether oxygens (including phenoxy) is 2. The van der Waals surface area contributed by atoms with Gasteiger partial charge in [-0.1, -0.05) is 6.07 Å². The molecule has 2 fully saturated rings. The van der Waals surface area contributed by atoms with Gasteiger partial charge in [0.2, 0.25) is 11.8 Å². The van der Waals surface area contributed by atoms with E-state index in [4.69, 9.17) is 9.47 Å². The standard InChI is InChI=1S/C24H25FN4O3/c1-24-9-7-16(27-24)13-20(23(24)25)32-21-6-5-18(28-29-21)17-4-3-14(11-19(17)30)15-8-10-26-22(12-15)31-2/h3-6,8,10-12,16,20,23,27,30H,7,9,13H2,1-2H3/t16?,20-,23-,24+/m0/s1. The predicted octanol–water partition coefficient (Wildman–Crippen LogP) is 3.92. The molecule has 166 valence electrons. The van der Waals surface area contributed by atoms with E-state index in [1.165, 1.54) is 0 Å². The molecule has 3 aromatic rings. The number of hydrogen-bond acceptors (Lipinski definition) is 7. The molecule has 1 unspecified atom stereocenters. The van der Waals surface area contributed by atoms with Gasteiger partial charge in [0.15, 0.2) is 6.17 Å². The van der Waals surface area contributed by atoms with Crippen LogP contribution in [0.2, 0.25) is 0 Å². The minimum atomic E-state index is -1.11. The summed E-state index contributed by atoms with van der Waals surface area (Å²) in [5, 5.41) is 22.3. The zero-order valence-corrected chi connectivity index (χ0v) is 18.0. The minimum absolute atomic E-state index is 0.0768. The Labute approximate surface area is 185 Å². The number of halogens is 1. The van der Waals surface area contributed by atoms with Gasteiger partial charge in [0, 0.05) is 36.4 Å². The average molecular weight is 436 g/mol. The molecular formula is C24H25FN4O3. The molecule has 0 radical (unpaired) electrons. The van der Waals surface area contributed by atoms with E-state index in [0.717, 1.165) is 24.0 Å². The van der Waals surface area contributed by atoms with E-state index in [2.05, 4.69) is 20.5 Å². The summed E-state index contributed by atoms with van der Waals surface area (Å²) in [4.78, 5) is 4.10. The highest BCUT2D eigenvalue weighted by atomic mass is 19.1. The highest BCUT2D eigenvalue weighted by Gasteiger charge is 2.51. The van der Waals surface area contributed by atoms with E-state index in [1.807, 2.05) is 19.1 Å². The summed E-state index contributed by atoms with van der Waals surface area (Å²) in [6, 6.07) is 12.6. The molecule has 2 N–H and O–H groups in total. The molecule has 0 saturated carbocycles. The van der Waals surface area contributed by atoms with Crippen molar-refractivity contribution in [2.24, 2.45) is 0 Å². The number of pyridine rings is 1. The molecule has 5 rings (SSSR count). The van der Waals surface area contributed by atoms with Crippen molar-refractivity contribution in [3.05, 3.63) is 48.7 Å². The summed E-state index contributed by atoms with van der Waals surface area (Å²) in [7, 11) is 1.56. The number of aromatic hydroxyl groups is 1. The van der Waals surface area contributed by atoms with Crippen molar-refractivity contribution in [3.63, 3.8) is 0 Å². The fourth-order valence-electron chi connectivity index (χ4n) is 4.71. The normalized spacial score (nSPS) is 26.7. The number of phenolic OH excluding ortho intramolecular Hbond substituents is 1. The van der Waals surface area contributed by atoms with Crippen LogP contribution in [0.1, 0.15) is 26.2 Å². The summed E-state index contributed by atoms with van der Waals surface area (Å²) in [5.74, 6) is 0.859. The van der Waals surface area contributed by atoms with Crippen molar-refractivity contribution in [2.75, 3.05) is 7.11 Å². The largest absolute Gasteiger partial charge is 0.507 e. The van der Waals surface area contributed by atoms with Crippen LogP contribution < -0.4 is 14.8 Å². The Kier molecular flexibility index (Phi) is 5.17. The summed E-state index contributed by atoms with van der Waals surface area (Å²) < 4.78 is 26.0. The lowest BCUT2D eigenvalue weighted by Crippen LogP contribution is -2.59. The van der Waals surface area contributed by atoms with Gasteiger partial charge in [-0.2, -0.15) is 0 Å². The molecule has 0 amide bonds. The number of hydrogen-bond donors (Lipinski definition) is 2. The van der Waals surface area contributed by atoms with Gasteiger partial charge in [-0.05, 0) is 55.2 Å². The van der Waals surface area contributed by atoms with E-state index in [-0.39, 0.29) is 17.7 Å². The topological polar surface area (TPSA) is 89.4 Å². The third-order valence-corrected chi connectivity index (χ3v) is 6.46. The number of benzene rings is 1. The van der Waals surface area contributed by atoms with Crippen LogP contribution in [0, 0.1) is 0 Å². The first kappa shape index (κ1) is 20.6. The summed E-state index contributed by atoms with van der Waals surface area (Å²) >= 11 is 0. The van der Waals surface area contributed by atoms with Gasteiger partial charge in [-0.3, -0.25) is 0 Å². The fourth-order valence-corrected chi connectivity index (χ4v) is 4.71. The number of alkyl halides is 1. The van der Waals surface area contributed by atoms with E-state index in [1.54, 1.807) is 43.6 Å². The third kappa shape index (κ3) is 3.75. The van der Waals surface area contributed by atoms with E-state index in [9.17, 15) is 9.50 Å². The molecule has 0 spiro atoms. The van der Waals surface area contributed by atoms with Crippen LogP contribution in [-0.4, -0.2) is 51.3 Å². The van der Waals surface area contributed by atoms with E-state index < -0.39 is 17.8 Å². The molecule has 2 saturated heterocycles. The second kappa shape index (κ2) is 8.02. The van der Waals surface area contributed by atoms with Crippen LogP contribution in [0.5, 0.6) is 17.5 Å². The zero-order valence-electron chi connectivity index (χ0n) is 18.0. The molecule has 1 aromatic carbocycles. The van der Waals surface area contributed by atoms with Crippen molar-refractivity contribution in [1.82, 2.24) is 20.5 Å². The third-order valence-electron chi connectivity index (χ3n) is 6.46. The van der Waals surface area contributed by atoms with Crippen LogP contribution >= 0.6 is 0 Å².